The molecular weight excluding hydrogens is 170 g/mol. The third-order valence-corrected chi connectivity index (χ3v) is 2.94. The van der Waals surface area contributed by atoms with Crippen molar-refractivity contribution in [2.24, 2.45) is 5.92 Å². The highest BCUT2D eigenvalue weighted by molar-refractivity contribution is 5.79. The van der Waals surface area contributed by atoms with Gasteiger partial charge in [0.2, 0.25) is 0 Å². The zero-order chi connectivity index (χ0) is 10.1. The molecule has 14 heavy (non-hydrogen) atoms. The Bertz CT molecular complexity index is 361. The first-order valence-corrected chi connectivity index (χ1v) is 5.20. The van der Waals surface area contributed by atoms with Gasteiger partial charge in [0.1, 0.15) is 0 Å². The van der Waals surface area contributed by atoms with Gasteiger partial charge in [0, 0.05) is 18.3 Å². The lowest BCUT2D eigenvalue weighted by Crippen LogP contribution is -1.98. The summed E-state index contributed by atoms with van der Waals surface area (Å²) in [6.07, 6.45) is 2.63. The fourth-order valence-electron chi connectivity index (χ4n) is 1.92. The molecule has 0 heterocycles. The lowest BCUT2D eigenvalue weighted by atomic mass is 9.98. The van der Waals surface area contributed by atoms with Crippen LogP contribution in [0.25, 0.3) is 5.57 Å². The Labute approximate surface area is 85.8 Å². The molecule has 1 aliphatic rings. The molecule has 0 spiro atoms. The average Bonchev–Trinajstić information content (AvgIpc) is 2.99. The number of nitrogens with one attached hydrogen (secondary N) is 1. The third-order valence-electron chi connectivity index (χ3n) is 2.94. The summed E-state index contributed by atoms with van der Waals surface area (Å²) in [4.78, 5) is 0. The Morgan fingerprint density at radius 1 is 1.43 bits per heavy atom. The molecule has 1 heteroatoms. The van der Waals surface area contributed by atoms with Crippen LogP contribution in [0.1, 0.15) is 24.0 Å². The third kappa shape index (κ3) is 1.54. The number of allylic oxidation sites excluding steroid dienone is 1. The molecule has 1 N–H and O–H groups in total. The van der Waals surface area contributed by atoms with Gasteiger partial charge in [-0.05, 0) is 36.8 Å². The van der Waals surface area contributed by atoms with Crippen LogP contribution in [0.5, 0.6) is 0 Å². The quantitative estimate of drug-likeness (QED) is 0.764. The number of anilines is 1. The summed E-state index contributed by atoms with van der Waals surface area (Å²) in [6, 6.07) is 6.41. The Kier molecular flexibility index (Phi) is 2.32. The Hall–Kier alpha value is -1.24. The van der Waals surface area contributed by atoms with Gasteiger partial charge in [-0.1, -0.05) is 24.8 Å². The van der Waals surface area contributed by atoms with Crippen molar-refractivity contribution < 1.29 is 0 Å². The first-order valence-electron chi connectivity index (χ1n) is 5.20. The van der Waals surface area contributed by atoms with Crippen LogP contribution >= 0.6 is 0 Å². The van der Waals surface area contributed by atoms with Gasteiger partial charge < -0.3 is 5.32 Å². The molecule has 1 saturated carbocycles. The second-order valence-corrected chi connectivity index (χ2v) is 4.05. The van der Waals surface area contributed by atoms with E-state index in [4.69, 9.17) is 0 Å². The summed E-state index contributed by atoms with van der Waals surface area (Å²) in [7, 11) is 1.98. The van der Waals surface area contributed by atoms with Crippen LogP contribution < -0.4 is 5.32 Å². The SMILES string of the molecule is C=C(c1cccc(C)c1NC)C1CC1. The number of hydrogen-bond acceptors (Lipinski definition) is 1. The van der Waals surface area contributed by atoms with Crippen LogP contribution in [0, 0.1) is 12.8 Å². The minimum Gasteiger partial charge on any atom is -0.387 e. The Morgan fingerprint density at radius 3 is 2.71 bits per heavy atom. The lowest BCUT2D eigenvalue weighted by molar-refractivity contribution is 1.15. The van der Waals surface area contributed by atoms with Crippen molar-refractivity contribution in [2.45, 2.75) is 19.8 Å². The Balaban J connectivity index is 2.40. The Morgan fingerprint density at radius 2 is 2.14 bits per heavy atom. The molecule has 1 aromatic carbocycles. The minimum absolute atomic E-state index is 0.740. The van der Waals surface area contributed by atoms with Gasteiger partial charge in [-0.2, -0.15) is 0 Å². The molecule has 0 radical (unpaired) electrons. The van der Waals surface area contributed by atoms with E-state index in [1.54, 1.807) is 0 Å². The average molecular weight is 187 g/mol. The van der Waals surface area contributed by atoms with E-state index < -0.39 is 0 Å². The molecule has 1 aliphatic carbocycles. The van der Waals surface area contributed by atoms with Crippen molar-refractivity contribution >= 4 is 11.3 Å². The zero-order valence-electron chi connectivity index (χ0n) is 8.93. The zero-order valence-corrected chi connectivity index (χ0v) is 8.93. The second-order valence-electron chi connectivity index (χ2n) is 4.05. The highest BCUT2D eigenvalue weighted by Gasteiger charge is 2.26. The minimum atomic E-state index is 0.740. The van der Waals surface area contributed by atoms with Crippen molar-refractivity contribution in [3.05, 3.63) is 35.9 Å². The van der Waals surface area contributed by atoms with Gasteiger partial charge in [-0.3, -0.25) is 0 Å². The highest BCUT2D eigenvalue weighted by Crippen LogP contribution is 2.43. The van der Waals surface area contributed by atoms with E-state index in [2.05, 4.69) is 37.0 Å². The van der Waals surface area contributed by atoms with Crippen LogP contribution in [0.2, 0.25) is 0 Å². The van der Waals surface area contributed by atoms with Gasteiger partial charge in [-0.25, -0.2) is 0 Å². The maximum Gasteiger partial charge on any atom is 0.0443 e. The summed E-state index contributed by atoms with van der Waals surface area (Å²) in [5.74, 6) is 0.740. The van der Waals surface area contributed by atoms with Crippen molar-refractivity contribution in [3.63, 3.8) is 0 Å². The van der Waals surface area contributed by atoms with Crippen molar-refractivity contribution in [1.82, 2.24) is 0 Å². The second kappa shape index (κ2) is 3.49. The van der Waals surface area contributed by atoms with E-state index in [9.17, 15) is 0 Å². The molecule has 2 rings (SSSR count). The maximum absolute atomic E-state index is 4.20. The molecular formula is C13H17N. The van der Waals surface area contributed by atoms with Gasteiger partial charge in [0.25, 0.3) is 0 Å². The molecule has 0 amide bonds. The van der Waals surface area contributed by atoms with E-state index in [-0.39, 0.29) is 0 Å². The molecule has 1 fully saturated rings. The van der Waals surface area contributed by atoms with E-state index in [0.717, 1.165) is 5.92 Å². The fraction of sp³-hybridized carbons (Fsp3) is 0.385. The first-order chi connectivity index (χ1) is 6.74. The van der Waals surface area contributed by atoms with Crippen molar-refractivity contribution in [2.75, 3.05) is 12.4 Å². The van der Waals surface area contributed by atoms with Gasteiger partial charge >= 0.3 is 0 Å². The van der Waals surface area contributed by atoms with Crippen molar-refractivity contribution in [3.8, 4) is 0 Å². The first kappa shape index (κ1) is 9.32. The number of rotatable bonds is 3. The van der Waals surface area contributed by atoms with Crippen LogP contribution in [-0.4, -0.2) is 7.05 Å². The summed E-state index contributed by atoms with van der Waals surface area (Å²) in [5, 5.41) is 3.27. The number of hydrogen-bond donors (Lipinski definition) is 1. The molecule has 0 bridgehead atoms. The van der Waals surface area contributed by atoms with Gasteiger partial charge in [0.05, 0.1) is 0 Å². The normalized spacial score (nSPS) is 15.3. The van der Waals surface area contributed by atoms with Gasteiger partial charge in [0.15, 0.2) is 0 Å². The van der Waals surface area contributed by atoms with E-state index in [1.807, 2.05) is 7.05 Å². The maximum atomic E-state index is 4.20. The highest BCUT2D eigenvalue weighted by atomic mass is 14.8. The molecule has 0 unspecified atom stereocenters. The van der Waals surface area contributed by atoms with E-state index >= 15 is 0 Å². The summed E-state index contributed by atoms with van der Waals surface area (Å²) in [6.45, 7) is 6.33. The molecule has 0 saturated heterocycles. The molecule has 0 aromatic heterocycles. The summed E-state index contributed by atoms with van der Waals surface area (Å²) < 4.78 is 0. The molecule has 74 valence electrons. The molecule has 0 atom stereocenters. The number of benzene rings is 1. The number of aryl methyl sites for hydroxylation is 1. The topological polar surface area (TPSA) is 12.0 Å². The largest absolute Gasteiger partial charge is 0.387 e. The lowest BCUT2D eigenvalue weighted by Gasteiger charge is -2.13. The van der Waals surface area contributed by atoms with Crippen LogP contribution in [-0.2, 0) is 0 Å². The van der Waals surface area contributed by atoms with E-state index in [1.165, 1.54) is 35.2 Å². The predicted octanol–water partition coefficient (Wildman–Crippen LogP) is 3.46. The predicted molar refractivity (Wildman–Crippen MR) is 62.5 cm³/mol. The molecule has 1 aromatic rings. The van der Waals surface area contributed by atoms with Crippen molar-refractivity contribution in [1.29, 1.82) is 0 Å². The number of para-hydroxylation sites is 1. The smallest absolute Gasteiger partial charge is 0.0443 e. The molecule has 1 nitrogen and oxygen atoms in total. The van der Waals surface area contributed by atoms with Crippen LogP contribution in [0.15, 0.2) is 24.8 Å². The van der Waals surface area contributed by atoms with Crippen LogP contribution in [0.4, 0.5) is 5.69 Å². The van der Waals surface area contributed by atoms with Crippen LogP contribution in [0.3, 0.4) is 0 Å². The van der Waals surface area contributed by atoms with Gasteiger partial charge in [-0.15, -0.1) is 0 Å². The summed E-state index contributed by atoms with van der Waals surface area (Å²) >= 11 is 0. The monoisotopic (exact) mass is 187 g/mol. The molecule has 0 aliphatic heterocycles. The summed E-state index contributed by atoms with van der Waals surface area (Å²) in [5.41, 5.74) is 5.14. The van der Waals surface area contributed by atoms with E-state index in [0.29, 0.717) is 0 Å². The fourth-order valence-corrected chi connectivity index (χ4v) is 1.92. The standard InChI is InChI=1S/C13H17N/c1-9-5-4-6-12(13(9)14-3)10(2)11-7-8-11/h4-6,11,14H,2,7-8H2,1,3H3.